The number of Topliss-reactive ketones (excluding diaryl/α,β-unsaturated/α-hetero) is 1. The summed E-state index contributed by atoms with van der Waals surface area (Å²) in [7, 11) is -6.06. The van der Waals surface area contributed by atoms with Crippen LogP contribution in [-0.4, -0.2) is 43.0 Å². The molecule has 0 saturated carbocycles. The van der Waals surface area contributed by atoms with Crippen LogP contribution in [0.3, 0.4) is 0 Å². The minimum absolute atomic E-state index is 0.0611. The van der Waals surface area contributed by atoms with Crippen molar-refractivity contribution < 1.29 is 31.7 Å². The van der Waals surface area contributed by atoms with Gasteiger partial charge in [0.25, 0.3) is 0 Å². The number of carbonyl (C=O) groups excluding carboxylic acids is 2. The topological polar surface area (TPSA) is 55.7 Å². The molecule has 0 atom stereocenters. The van der Waals surface area contributed by atoms with Crippen LogP contribution in [0.25, 0.3) is 0 Å². The molecule has 0 aliphatic heterocycles. The SMILES string of the molecule is C[S+](C)CC(=O)C(=NOC(=O)c1ccccc1)c1ccccc1.F[B-](F)(F)F. The maximum Gasteiger partial charge on any atom is 0.673 e. The van der Waals surface area contributed by atoms with Crippen LogP contribution in [-0.2, 0) is 20.5 Å². The van der Waals surface area contributed by atoms with Gasteiger partial charge in [-0.05, 0) is 23.0 Å². The van der Waals surface area contributed by atoms with Crippen molar-refractivity contribution in [1.82, 2.24) is 0 Å². The molecule has 0 aliphatic carbocycles. The molecule has 150 valence electrons. The highest BCUT2D eigenvalue weighted by atomic mass is 32.2. The average Bonchev–Trinajstić information content (AvgIpc) is 2.61. The lowest BCUT2D eigenvalue weighted by Crippen LogP contribution is -2.24. The number of benzene rings is 2. The van der Waals surface area contributed by atoms with E-state index in [9.17, 15) is 26.9 Å². The zero-order chi connectivity index (χ0) is 21.2. The lowest BCUT2D eigenvalue weighted by molar-refractivity contribution is -0.110. The minimum atomic E-state index is -6.00. The van der Waals surface area contributed by atoms with Crippen molar-refractivity contribution in [3.05, 3.63) is 71.8 Å². The first-order valence-electron chi connectivity index (χ1n) is 7.92. The summed E-state index contributed by atoms with van der Waals surface area (Å²) in [5, 5.41) is 3.85. The van der Waals surface area contributed by atoms with Gasteiger partial charge in [0, 0.05) is 5.56 Å². The van der Waals surface area contributed by atoms with Crippen molar-refractivity contribution in [3.63, 3.8) is 0 Å². The summed E-state index contributed by atoms with van der Waals surface area (Å²) in [4.78, 5) is 29.4. The van der Waals surface area contributed by atoms with E-state index < -0.39 is 13.2 Å². The second kappa shape index (κ2) is 11.3. The van der Waals surface area contributed by atoms with Crippen molar-refractivity contribution in [2.24, 2.45) is 5.16 Å². The summed E-state index contributed by atoms with van der Waals surface area (Å²) in [6.07, 6.45) is 3.97. The zero-order valence-electron chi connectivity index (χ0n) is 15.2. The summed E-state index contributed by atoms with van der Waals surface area (Å²) in [5.74, 6) is -0.347. The molecule has 0 spiro atoms. The normalized spacial score (nSPS) is 11.5. The van der Waals surface area contributed by atoms with Gasteiger partial charge in [-0.2, -0.15) is 0 Å². The molecule has 0 bridgehead atoms. The van der Waals surface area contributed by atoms with Crippen LogP contribution in [0.5, 0.6) is 0 Å². The largest absolute Gasteiger partial charge is 0.673 e. The van der Waals surface area contributed by atoms with Crippen molar-refractivity contribution in [3.8, 4) is 0 Å². The molecule has 0 saturated heterocycles. The van der Waals surface area contributed by atoms with Gasteiger partial charge < -0.3 is 22.1 Å². The van der Waals surface area contributed by atoms with Gasteiger partial charge in [-0.15, -0.1) is 0 Å². The lowest BCUT2D eigenvalue weighted by atomic mass is 10.1. The van der Waals surface area contributed by atoms with Crippen LogP contribution < -0.4 is 0 Å². The molecule has 0 unspecified atom stereocenters. The molecule has 4 nitrogen and oxygen atoms in total. The Kier molecular flexibility index (Phi) is 9.44. The van der Waals surface area contributed by atoms with E-state index in [-0.39, 0.29) is 22.4 Å². The van der Waals surface area contributed by atoms with E-state index in [2.05, 4.69) is 5.16 Å². The second-order valence-electron chi connectivity index (χ2n) is 5.60. The van der Waals surface area contributed by atoms with Crippen LogP contribution in [0, 0.1) is 0 Å². The van der Waals surface area contributed by atoms with Crippen LogP contribution >= 0.6 is 0 Å². The third kappa shape index (κ3) is 9.91. The number of rotatable bonds is 6. The van der Waals surface area contributed by atoms with Crippen LogP contribution in [0.4, 0.5) is 17.3 Å². The van der Waals surface area contributed by atoms with Crippen molar-refractivity contribution in [1.29, 1.82) is 0 Å². The highest BCUT2D eigenvalue weighted by Gasteiger charge is 2.22. The zero-order valence-corrected chi connectivity index (χ0v) is 16.0. The van der Waals surface area contributed by atoms with Crippen molar-refractivity contribution in [2.45, 2.75) is 0 Å². The Morgan fingerprint density at radius 2 is 1.32 bits per heavy atom. The Morgan fingerprint density at radius 1 is 0.893 bits per heavy atom. The molecule has 2 aromatic rings. The molecule has 0 aromatic heterocycles. The first-order valence-corrected chi connectivity index (χ1v) is 10.1. The smallest absolute Gasteiger partial charge is 0.418 e. The summed E-state index contributed by atoms with van der Waals surface area (Å²) in [6, 6.07) is 17.6. The molecule has 0 aliphatic rings. The number of hydrogen-bond donors (Lipinski definition) is 0. The van der Waals surface area contributed by atoms with E-state index in [1.54, 1.807) is 36.4 Å². The van der Waals surface area contributed by atoms with E-state index >= 15 is 0 Å². The number of carbonyl (C=O) groups is 2. The van der Waals surface area contributed by atoms with Gasteiger partial charge in [-0.1, -0.05) is 53.7 Å². The molecule has 10 heteroatoms. The predicted molar refractivity (Wildman–Crippen MR) is 104 cm³/mol. The minimum Gasteiger partial charge on any atom is -0.418 e. The number of hydrogen-bond acceptors (Lipinski definition) is 4. The predicted octanol–water partition coefficient (Wildman–Crippen LogP) is 3.99. The maximum atomic E-state index is 12.4. The van der Waals surface area contributed by atoms with Crippen molar-refractivity contribution >= 4 is 35.6 Å². The molecule has 0 radical (unpaired) electrons. The molecule has 28 heavy (non-hydrogen) atoms. The number of ketones is 1. The summed E-state index contributed by atoms with van der Waals surface area (Å²) in [5.41, 5.74) is 1.21. The van der Waals surface area contributed by atoms with Crippen LogP contribution in [0.2, 0.25) is 0 Å². The summed E-state index contributed by atoms with van der Waals surface area (Å²) in [6.45, 7) is 0. The van der Waals surface area contributed by atoms with E-state index in [1.807, 2.05) is 36.8 Å². The Hall–Kier alpha value is -2.62. The molecular formula is C18H18BF4NO3S. The maximum absolute atomic E-state index is 12.4. The first kappa shape index (κ1) is 23.4. The second-order valence-corrected chi connectivity index (χ2v) is 7.86. The third-order valence-electron chi connectivity index (χ3n) is 2.96. The molecule has 2 rings (SSSR count). The van der Waals surface area contributed by atoms with E-state index in [1.165, 1.54) is 0 Å². The fourth-order valence-electron chi connectivity index (χ4n) is 1.91. The number of nitrogens with zero attached hydrogens (tertiary/aromatic N) is 1. The Labute approximate surface area is 163 Å². The Morgan fingerprint density at radius 3 is 1.75 bits per heavy atom. The molecular weight excluding hydrogens is 397 g/mol. The monoisotopic (exact) mass is 415 g/mol. The standard InChI is InChI=1S/C18H18NO3S.BF4/c1-23(2)13-16(20)17(14-9-5-3-6-10-14)19-22-18(21)15-11-7-4-8-12-15;2-1(3,4)5/h3-12H,13H2,1-2H3;/q+1;-1. The first-order chi connectivity index (χ1) is 13.1. The Bertz CT molecular complexity index is 793. The molecule has 0 heterocycles. The van der Waals surface area contributed by atoms with E-state index in [4.69, 9.17) is 4.84 Å². The molecule has 0 fully saturated rings. The third-order valence-corrected chi connectivity index (χ3v) is 3.80. The fraction of sp³-hybridized carbons (Fsp3) is 0.167. The molecule has 0 N–H and O–H groups in total. The van der Waals surface area contributed by atoms with Gasteiger partial charge in [0.15, 0.2) is 11.5 Å². The van der Waals surface area contributed by atoms with Crippen LogP contribution in [0.1, 0.15) is 15.9 Å². The quantitative estimate of drug-likeness (QED) is 0.179. The summed E-state index contributed by atoms with van der Waals surface area (Å²) >= 11 is 0. The number of oxime groups is 1. The van der Waals surface area contributed by atoms with Gasteiger partial charge in [0.05, 0.1) is 18.1 Å². The molecule has 2 aromatic carbocycles. The number of halogens is 4. The molecule has 0 amide bonds. The lowest BCUT2D eigenvalue weighted by Gasteiger charge is -2.04. The van der Waals surface area contributed by atoms with Gasteiger partial charge >= 0.3 is 13.2 Å². The van der Waals surface area contributed by atoms with E-state index in [0.717, 1.165) is 0 Å². The van der Waals surface area contributed by atoms with Gasteiger partial charge in [-0.25, -0.2) is 4.79 Å². The Balaban J connectivity index is 0.000000696. The average molecular weight is 415 g/mol. The summed E-state index contributed by atoms with van der Waals surface area (Å²) < 4.78 is 39.0. The highest BCUT2D eigenvalue weighted by Crippen LogP contribution is 2.07. The highest BCUT2D eigenvalue weighted by molar-refractivity contribution is 7.96. The van der Waals surface area contributed by atoms with Crippen LogP contribution in [0.15, 0.2) is 65.8 Å². The fourth-order valence-corrected chi connectivity index (χ4v) is 2.57. The van der Waals surface area contributed by atoms with E-state index in [0.29, 0.717) is 16.9 Å². The van der Waals surface area contributed by atoms with Gasteiger partial charge in [0.1, 0.15) is 0 Å². The van der Waals surface area contributed by atoms with Gasteiger partial charge in [0.2, 0.25) is 5.78 Å². The van der Waals surface area contributed by atoms with Gasteiger partial charge in [-0.3, -0.25) is 4.79 Å². The van der Waals surface area contributed by atoms with Crippen molar-refractivity contribution in [2.75, 3.05) is 18.3 Å².